The molecule has 5 nitrogen and oxygen atoms in total. The summed E-state index contributed by atoms with van der Waals surface area (Å²) in [6.07, 6.45) is 6.74. The Bertz CT molecular complexity index is 506. The largest absolute Gasteiger partial charge is 0.383 e. The minimum absolute atomic E-state index is 0.119. The number of halogens is 1. The summed E-state index contributed by atoms with van der Waals surface area (Å²) in [5.41, 5.74) is 1.07. The van der Waals surface area contributed by atoms with Gasteiger partial charge in [0.2, 0.25) is 0 Å². The van der Waals surface area contributed by atoms with Crippen LogP contribution in [0.5, 0.6) is 0 Å². The van der Waals surface area contributed by atoms with E-state index in [-0.39, 0.29) is 5.56 Å². The van der Waals surface area contributed by atoms with E-state index in [0.717, 1.165) is 12.2 Å². The van der Waals surface area contributed by atoms with E-state index in [9.17, 15) is 4.79 Å². The average Bonchev–Trinajstić information content (AvgIpc) is 2.41. The highest BCUT2D eigenvalue weighted by atomic mass is 79.9. The summed E-state index contributed by atoms with van der Waals surface area (Å²) in [6.45, 7) is 4.08. The van der Waals surface area contributed by atoms with Gasteiger partial charge in [-0.1, -0.05) is 13.3 Å². The quantitative estimate of drug-likeness (QED) is 0.826. The molecule has 0 aliphatic heterocycles. The van der Waals surface area contributed by atoms with Gasteiger partial charge in [-0.3, -0.25) is 4.79 Å². The van der Waals surface area contributed by atoms with Crippen molar-refractivity contribution < 1.29 is 4.74 Å². The number of aromatic nitrogens is 2. The van der Waals surface area contributed by atoms with Crippen molar-refractivity contribution in [1.82, 2.24) is 9.78 Å². The van der Waals surface area contributed by atoms with Crippen LogP contribution in [0.2, 0.25) is 0 Å². The Kier molecular flexibility index (Phi) is 5.21. The van der Waals surface area contributed by atoms with E-state index in [0.29, 0.717) is 23.0 Å². The molecule has 0 aromatic carbocycles. The lowest BCUT2D eigenvalue weighted by Crippen LogP contribution is -2.36. The molecular weight excluding hydrogens is 322 g/mol. The Hall–Kier alpha value is -0.880. The third kappa shape index (κ3) is 3.23. The Morgan fingerprint density at radius 3 is 2.85 bits per heavy atom. The predicted molar refractivity (Wildman–Crippen MR) is 83.1 cm³/mol. The summed E-state index contributed by atoms with van der Waals surface area (Å²) < 4.78 is 6.93. The van der Waals surface area contributed by atoms with Gasteiger partial charge in [0.1, 0.15) is 4.47 Å². The second kappa shape index (κ2) is 6.72. The van der Waals surface area contributed by atoms with Gasteiger partial charge in [-0.05, 0) is 40.6 Å². The monoisotopic (exact) mass is 343 g/mol. The zero-order chi connectivity index (χ0) is 14.6. The second-order valence-electron chi connectivity index (χ2n) is 5.45. The maximum atomic E-state index is 12.1. The van der Waals surface area contributed by atoms with Gasteiger partial charge < -0.3 is 10.1 Å². The molecule has 1 heterocycles. The molecule has 0 bridgehead atoms. The van der Waals surface area contributed by atoms with Crippen LogP contribution in [0, 0.1) is 5.41 Å². The fourth-order valence-electron chi connectivity index (χ4n) is 2.54. The van der Waals surface area contributed by atoms with E-state index < -0.39 is 0 Å². The topological polar surface area (TPSA) is 56.1 Å². The molecule has 1 aromatic heterocycles. The lowest BCUT2D eigenvalue weighted by molar-refractivity contribution is 0.145. The molecule has 1 fully saturated rings. The smallest absolute Gasteiger partial charge is 0.283 e. The standard InChI is InChI=1S/C14H22BrN3O2/c1-3-14(5-4-6-14)10-16-11-9-17-18(7-8-20-2)13(19)12(11)15/h9,16H,3-8,10H2,1-2H3. The van der Waals surface area contributed by atoms with Crippen molar-refractivity contribution in [3.63, 3.8) is 0 Å². The Morgan fingerprint density at radius 2 is 2.30 bits per heavy atom. The van der Waals surface area contributed by atoms with Gasteiger partial charge in [0, 0.05) is 13.7 Å². The molecule has 112 valence electrons. The third-order valence-corrected chi connectivity index (χ3v) is 5.08. The van der Waals surface area contributed by atoms with E-state index in [2.05, 4.69) is 33.3 Å². The molecule has 1 aliphatic rings. The normalized spacial score (nSPS) is 16.8. The lowest BCUT2D eigenvalue weighted by atomic mass is 9.67. The Morgan fingerprint density at radius 1 is 1.55 bits per heavy atom. The molecule has 1 aliphatic carbocycles. The maximum absolute atomic E-state index is 12.1. The molecule has 0 radical (unpaired) electrons. The van der Waals surface area contributed by atoms with Crippen LogP contribution in [0.1, 0.15) is 32.6 Å². The van der Waals surface area contributed by atoms with Crippen LogP contribution in [0.3, 0.4) is 0 Å². The highest BCUT2D eigenvalue weighted by Crippen LogP contribution is 2.43. The van der Waals surface area contributed by atoms with Crippen LogP contribution in [0.15, 0.2) is 15.5 Å². The SMILES string of the molecule is CCC1(CNc2cnn(CCOC)c(=O)c2Br)CCC1. The summed E-state index contributed by atoms with van der Waals surface area (Å²) in [5, 5.41) is 7.56. The lowest BCUT2D eigenvalue weighted by Gasteiger charge is -2.41. The van der Waals surface area contributed by atoms with Crippen molar-refractivity contribution in [3.05, 3.63) is 21.0 Å². The van der Waals surface area contributed by atoms with Crippen molar-refractivity contribution in [3.8, 4) is 0 Å². The number of hydrogen-bond acceptors (Lipinski definition) is 4. The van der Waals surface area contributed by atoms with E-state index in [4.69, 9.17) is 4.74 Å². The number of nitrogens with zero attached hydrogens (tertiary/aromatic N) is 2. The molecule has 0 spiro atoms. The summed E-state index contributed by atoms with van der Waals surface area (Å²) in [6, 6.07) is 0. The highest BCUT2D eigenvalue weighted by Gasteiger charge is 2.34. The number of rotatable bonds is 7. The van der Waals surface area contributed by atoms with Crippen LogP contribution in [-0.2, 0) is 11.3 Å². The predicted octanol–water partition coefficient (Wildman–Crippen LogP) is 2.64. The van der Waals surface area contributed by atoms with E-state index in [1.165, 1.54) is 30.4 Å². The van der Waals surface area contributed by atoms with Crippen molar-refractivity contribution in [2.24, 2.45) is 5.41 Å². The zero-order valence-corrected chi connectivity index (χ0v) is 13.7. The molecule has 6 heteroatoms. The molecule has 0 amide bonds. The molecule has 20 heavy (non-hydrogen) atoms. The van der Waals surface area contributed by atoms with Crippen LogP contribution in [0.4, 0.5) is 5.69 Å². The summed E-state index contributed by atoms with van der Waals surface area (Å²) in [7, 11) is 1.61. The average molecular weight is 344 g/mol. The van der Waals surface area contributed by atoms with Gasteiger partial charge in [-0.25, -0.2) is 4.68 Å². The van der Waals surface area contributed by atoms with Gasteiger partial charge in [0.15, 0.2) is 0 Å². The second-order valence-corrected chi connectivity index (χ2v) is 6.25. The molecule has 0 atom stereocenters. The molecule has 1 aromatic rings. The number of hydrogen-bond donors (Lipinski definition) is 1. The number of nitrogens with one attached hydrogen (secondary N) is 1. The third-order valence-electron chi connectivity index (χ3n) is 4.31. The van der Waals surface area contributed by atoms with Crippen molar-refractivity contribution in [1.29, 1.82) is 0 Å². The van der Waals surface area contributed by atoms with Crippen molar-refractivity contribution in [2.75, 3.05) is 25.6 Å². The van der Waals surface area contributed by atoms with Crippen LogP contribution >= 0.6 is 15.9 Å². The van der Waals surface area contributed by atoms with E-state index in [1.54, 1.807) is 13.3 Å². The Balaban J connectivity index is 2.05. The van der Waals surface area contributed by atoms with Crippen molar-refractivity contribution >= 4 is 21.6 Å². The molecule has 0 unspecified atom stereocenters. The number of methoxy groups -OCH3 is 1. The van der Waals surface area contributed by atoms with Crippen LogP contribution < -0.4 is 10.9 Å². The summed E-state index contributed by atoms with van der Waals surface area (Å²) >= 11 is 3.38. The number of ether oxygens (including phenoxy) is 1. The van der Waals surface area contributed by atoms with Gasteiger partial charge in [-0.15, -0.1) is 0 Å². The Labute approximate surface area is 127 Å². The first-order chi connectivity index (χ1) is 9.62. The van der Waals surface area contributed by atoms with E-state index >= 15 is 0 Å². The molecule has 2 rings (SSSR count). The van der Waals surface area contributed by atoms with Gasteiger partial charge in [0.25, 0.3) is 5.56 Å². The van der Waals surface area contributed by atoms with Gasteiger partial charge in [0.05, 0.1) is 25.0 Å². The minimum Gasteiger partial charge on any atom is -0.383 e. The zero-order valence-electron chi connectivity index (χ0n) is 12.1. The summed E-state index contributed by atoms with van der Waals surface area (Å²) in [5.74, 6) is 0. The van der Waals surface area contributed by atoms with E-state index in [1.807, 2.05) is 0 Å². The summed E-state index contributed by atoms with van der Waals surface area (Å²) in [4.78, 5) is 12.1. The number of anilines is 1. The molecular formula is C14H22BrN3O2. The highest BCUT2D eigenvalue weighted by molar-refractivity contribution is 9.10. The first-order valence-electron chi connectivity index (χ1n) is 7.10. The molecule has 1 saturated carbocycles. The first kappa shape index (κ1) is 15.5. The molecule has 0 saturated heterocycles. The van der Waals surface area contributed by atoms with Gasteiger partial charge in [-0.2, -0.15) is 5.10 Å². The van der Waals surface area contributed by atoms with Crippen LogP contribution in [0.25, 0.3) is 0 Å². The van der Waals surface area contributed by atoms with Crippen LogP contribution in [-0.4, -0.2) is 30.0 Å². The minimum atomic E-state index is -0.119. The van der Waals surface area contributed by atoms with Crippen molar-refractivity contribution in [2.45, 2.75) is 39.2 Å². The maximum Gasteiger partial charge on any atom is 0.283 e. The fraction of sp³-hybridized carbons (Fsp3) is 0.714. The fourth-order valence-corrected chi connectivity index (χ4v) is 2.99. The first-order valence-corrected chi connectivity index (χ1v) is 7.89. The molecule has 1 N–H and O–H groups in total. The van der Waals surface area contributed by atoms with Gasteiger partial charge >= 0.3 is 0 Å².